The largest absolute Gasteiger partial charge is 0.471 e. The predicted octanol–water partition coefficient (Wildman–Crippen LogP) is 4.23. The summed E-state index contributed by atoms with van der Waals surface area (Å²) in [5.41, 5.74) is 1.46. The van der Waals surface area contributed by atoms with E-state index in [1.165, 1.54) is 24.3 Å². The van der Waals surface area contributed by atoms with Crippen LogP contribution in [-0.4, -0.2) is 22.6 Å². The molecule has 0 unspecified atom stereocenters. The fraction of sp³-hybridized carbons (Fsp3) is 0.0526. The molecule has 0 aliphatic heterocycles. The molecule has 0 radical (unpaired) electrons. The van der Waals surface area contributed by atoms with E-state index in [1.807, 2.05) is 29.1 Å². The predicted molar refractivity (Wildman–Crippen MR) is 94.8 cm³/mol. The smallest absolute Gasteiger partial charge is 0.324 e. The Morgan fingerprint density at radius 2 is 1.41 bits per heavy atom. The molecule has 1 aromatic heterocycles. The number of carbonyl (C=O) groups is 2. The fourth-order valence-electron chi connectivity index (χ4n) is 2.37. The lowest BCUT2D eigenvalue weighted by Gasteiger charge is -2.10. The number of carbonyl (C=O) groups excluding carboxylic acids is 2. The quantitative estimate of drug-likeness (QED) is 0.719. The summed E-state index contributed by atoms with van der Waals surface area (Å²) in [6, 6.07) is 16.1. The number of amides is 2. The van der Waals surface area contributed by atoms with Gasteiger partial charge in [0.2, 0.25) is 0 Å². The van der Waals surface area contributed by atoms with Crippen molar-refractivity contribution >= 4 is 23.2 Å². The Kier molecular flexibility index (Phi) is 4.98. The molecular weight excluding hydrogens is 359 g/mol. The molecule has 0 atom stereocenters. The van der Waals surface area contributed by atoms with Crippen molar-refractivity contribution in [3.8, 4) is 5.69 Å². The Morgan fingerprint density at radius 3 is 2.00 bits per heavy atom. The van der Waals surface area contributed by atoms with Crippen LogP contribution in [0.15, 0.2) is 73.1 Å². The minimum Gasteiger partial charge on any atom is -0.324 e. The third-order valence-electron chi connectivity index (χ3n) is 3.67. The zero-order valence-electron chi connectivity index (χ0n) is 13.8. The maximum atomic E-state index is 12.3. The van der Waals surface area contributed by atoms with Crippen LogP contribution < -0.4 is 10.6 Å². The number of hydrogen-bond donors (Lipinski definition) is 2. The fourth-order valence-corrected chi connectivity index (χ4v) is 2.37. The second kappa shape index (κ2) is 7.36. The molecule has 0 saturated carbocycles. The van der Waals surface area contributed by atoms with Crippen LogP contribution in [0.5, 0.6) is 0 Å². The van der Waals surface area contributed by atoms with E-state index < -0.39 is 18.0 Å². The molecule has 138 valence electrons. The van der Waals surface area contributed by atoms with Crippen LogP contribution in [0.3, 0.4) is 0 Å². The van der Waals surface area contributed by atoms with Gasteiger partial charge in [-0.05, 0) is 54.6 Å². The molecular formula is C19H14F3N3O2. The van der Waals surface area contributed by atoms with Crippen LogP contribution in [-0.2, 0) is 4.79 Å². The second-order valence-electron chi connectivity index (χ2n) is 5.62. The van der Waals surface area contributed by atoms with Crippen molar-refractivity contribution in [3.63, 3.8) is 0 Å². The third-order valence-corrected chi connectivity index (χ3v) is 3.67. The molecule has 2 aromatic carbocycles. The Hall–Kier alpha value is -3.55. The number of halogens is 3. The Bertz CT molecular complexity index is 949. The highest BCUT2D eigenvalue weighted by molar-refractivity contribution is 6.05. The molecule has 0 bridgehead atoms. The van der Waals surface area contributed by atoms with Crippen molar-refractivity contribution in [2.75, 3.05) is 10.6 Å². The van der Waals surface area contributed by atoms with Gasteiger partial charge in [-0.3, -0.25) is 9.59 Å². The van der Waals surface area contributed by atoms with E-state index in [4.69, 9.17) is 0 Å². The first-order chi connectivity index (χ1) is 12.8. The number of rotatable bonds is 4. The van der Waals surface area contributed by atoms with Gasteiger partial charge in [0.25, 0.3) is 5.91 Å². The topological polar surface area (TPSA) is 63.1 Å². The maximum absolute atomic E-state index is 12.3. The Morgan fingerprint density at radius 1 is 0.815 bits per heavy atom. The average molecular weight is 373 g/mol. The van der Waals surface area contributed by atoms with Gasteiger partial charge in [-0.25, -0.2) is 0 Å². The summed E-state index contributed by atoms with van der Waals surface area (Å²) in [6.07, 6.45) is -1.24. The van der Waals surface area contributed by atoms with E-state index in [1.54, 1.807) is 29.6 Å². The van der Waals surface area contributed by atoms with Crippen molar-refractivity contribution < 1.29 is 22.8 Å². The normalized spacial score (nSPS) is 11.1. The molecule has 0 fully saturated rings. The lowest BCUT2D eigenvalue weighted by atomic mass is 10.2. The van der Waals surface area contributed by atoms with Crippen LogP contribution in [0.25, 0.3) is 5.69 Å². The van der Waals surface area contributed by atoms with Crippen molar-refractivity contribution in [1.29, 1.82) is 0 Å². The van der Waals surface area contributed by atoms with E-state index in [0.29, 0.717) is 5.56 Å². The molecule has 2 N–H and O–H groups in total. The molecule has 0 aliphatic rings. The van der Waals surface area contributed by atoms with Crippen LogP contribution in [0.2, 0.25) is 0 Å². The lowest BCUT2D eigenvalue weighted by Crippen LogP contribution is -2.29. The van der Waals surface area contributed by atoms with Crippen LogP contribution in [0, 0.1) is 0 Å². The highest BCUT2D eigenvalue weighted by atomic mass is 19.4. The van der Waals surface area contributed by atoms with Gasteiger partial charge in [-0.15, -0.1) is 0 Å². The first-order valence-corrected chi connectivity index (χ1v) is 7.86. The number of hydrogen-bond acceptors (Lipinski definition) is 2. The van der Waals surface area contributed by atoms with Crippen LogP contribution in [0.1, 0.15) is 10.4 Å². The number of aromatic nitrogens is 1. The van der Waals surface area contributed by atoms with Crippen molar-refractivity contribution in [1.82, 2.24) is 4.57 Å². The van der Waals surface area contributed by atoms with E-state index in [-0.39, 0.29) is 11.4 Å². The first-order valence-electron chi connectivity index (χ1n) is 7.86. The highest BCUT2D eigenvalue weighted by Gasteiger charge is 2.38. The average Bonchev–Trinajstić information content (AvgIpc) is 3.16. The molecule has 0 saturated heterocycles. The van der Waals surface area contributed by atoms with Gasteiger partial charge in [-0.2, -0.15) is 13.2 Å². The summed E-state index contributed by atoms with van der Waals surface area (Å²) in [6.45, 7) is 0. The molecule has 27 heavy (non-hydrogen) atoms. The number of nitrogens with one attached hydrogen (secondary N) is 2. The highest BCUT2D eigenvalue weighted by Crippen LogP contribution is 2.21. The monoisotopic (exact) mass is 373 g/mol. The molecule has 1 heterocycles. The summed E-state index contributed by atoms with van der Waals surface area (Å²) in [4.78, 5) is 23.3. The van der Waals surface area contributed by atoms with Crippen molar-refractivity contribution in [3.05, 3.63) is 78.6 Å². The summed E-state index contributed by atoms with van der Waals surface area (Å²) < 4.78 is 38.8. The lowest BCUT2D eigenvalue weighted by molar-refractivity contribution is -0.167. The van der Waals surface area contributed by atoms with E-state index in [9.17, 15) is 22.8 Å². The van der Waals surface area contributed by atoms with Gasteiger partial charge < -0.3 is 15.2 Å². The van der Waals surface area contributed by atoms with Gasteiger partial charge in [0.05, 0.1) is 0 Å². The summed E-state index contributed by atoms with van der Waals surface area (Å²) in [5.74, 6) is -2.50. The van der Waals surface area contributed by atoms with Crippen LogP contribution >= 0.6 is 0 Å². The van der Waals surface area contributed by atoms with Crippen molar-refractivity contribution in [2.45, 2.75) is 6.18 Å². The molecule has 2 amide bonds. The van der Waals surface area contributed by atoms with Crippen LogP contribution in [0.4, 0.5) is 24.5 Å². The molecule has 0 spiro atoms. The number of benzene rings is 2. The zero-order chi connectivity index (χ0) is 19.4. The van der Waals surface area contributed by atoms with Gasteiger partial charge in [0.1, 0.15) is 0 Å². The number of anilines is 2. The van der Waals surface area contributed by atoms with Gasteiger partial charge >= 0.3 is 12.1 Å². The Labute approximate surface area is 152 Å². The van der Waals surface area contributed by atoms with E-state index in [0.717, 1.165) is 5.69 Å². The van der Waals surface area contributed by atoms with E-state index >= 15 is 0 Å². The molecule has 8 heteroatoms. The first kappa shape index (κ1) is 18.2. The summed E-state index contributed by atoms with van der Waals surface area (Å²) in [7, 11) is 0. The minimum absolute atomic E-state index is 0.0712. The number of alkyl halides is 3. The molecule has 3 aromatic rings. The van der Waals surface area contributed by atoms with Gasteiger partial charge in [0, 0.05) is 35.0 Å². The molecule has 3 rings (SSSR count). The summed E-state index contributed by atoms with van der Waals surface area (Å²) >= 11 is 0. The number of nitrogens with zero attached hydrogens (tertiary/aromatic N) is 1. The zero-order valence-corrected chi connectivity index (χ0v) is 13.8. The van der Waals surface area contributed by atoms with Crippen molar-refractivity contribution in [2.24, 2.45) is 0 Å². The summed E-state index contributed by atoms with van der Waals surface area (Å²) in [5, 5.41) is 4.33. The SMILES string of the molecule is O=C(Nc1cccc(NC(=O)C(F)(F)F)c1)c1ccc(-n2cccc2)cc1. The minimum atomic E-state index is -4.99. The molecule has 0 aliphatic carbocycles. The maximum Gasteiger partial charge on any atom is 0.471 e. The Balaban J connectivity index is 1.69. The third kappa shape index (κ3) is 4.55. The van der Waals surface area contributed by atoms with Gasteiger partial charge in [0.15, 0.2) is 0 Å². The molecule has 5 nitrogen and oxygen atoms in total. The van der Waals surface area contributed by atoms with Gasteiger partial charge in [-0.1, -0.05) is 6.07 Å². The second-order valence-corrected chi connectivity index (χ2v) is 5.62. The van der Waals surface area contributed by atoms with E-state index in [2.05, 4.69) is 5.32 Å². The standard InChI is InChI=1S/C19H14F3N3O2/c20-19(21,22)18(27)24-15-5-3-4-14(12-15)23-17(26)13-6-8-16(9-7-13)25-10-1-2-11-25/h1-12H,(H,23,26)(H,24,27).